The van der Waals surface area contributed by atoms with Gasteiger partial charge >= 0.3 is 0 Å². The number of fused-ring (bicyclic) bond motifs is 3. The van der Waals surface area contributed by atoms with Gasteiger partial charge in [0.05, 0.1) is 16.8 Å². The Hall–Kier alpha value is -0.120. The van der Waals surface area contributed by atoms with Crippen LogP contribution in [0, 0.1) is 53.3 Å². The maximum absolute atomic E-state index is 11.3. The highest BCUT2D eigenvalue weighted by Gasteiger charge is 2.88. The van der Waals surface area contributed by atoms with Crippen molar-refractivity contribution in [3.63, 3.8) is 0 Å². The molecule has 7 rings (SSSR count). The molecule has 3 nitrogen and oxygen atoms in total. The summed E-state index contributed by atoms with van der Waals surface area (Å²) in [4.78, 5) is 0. The van der Waals surface area contributed by atoms with E-state index in [-0.39, 0.29) is 0 Å². The maximum Gasteiger partial charge on any atom is 0.0714 e. The Kier molecular flexibility index (Phi) is 1.49. The minimum atomic E-state index is -0.485. The molecule has 0 spiro atoms. The molecule has 7 fully saturated rings. The molecular formula is C18H24O3. The molecule has 3 N–H and O–H groups in total. The summed E-state index contributed by atoms with van der Waals surface area (Å²) < 4.78 is 0. The van der Waals surface area contributed by atoms with Crippen LogP contribution < -0.4 is 0 Å². The normalized spacial score (nSPS) is 81.0. The lowest BCUT2D eigenvalue weighted by atomic mass is 9.18. The third kappa shape index (κ3) is 0.787. The van der Waals surface area contributed by atoms with Crippen LogP contribution in [-0.2, 0) is 0 Å². The quantitative estimate of drug-likeness (QED) is 0.627. The van der Waals surface area contributed by atoms with E-state index in [2.05, 4.69) is 0 Å². The molecule has 0 aromatic heterocycles. The fourth-order valence-electron chi connectivity index (χ4n) is 9.85. The average molecular weight is 288 g/mol. The number of aliphatic hydroxyl groups is 3. The minimum Gasteiger partial charge on any atom is -0.389 e. The zero-order valence-electron chi connectivity index (χ0n) is 12.3. The van der Waals surface area contributed by atoms with Crippen molar-refractivity contribution in [2.24, 2.45) is 53.3 Å². The summed E-state index contributed by atoms with van der Waals surface area (Å²) in [6.07, 6.45) is 5.86. The Morgan fingerprint density at radius 1 is 0.524 bits per heavy atom. The smallest absolute Gasteiger partial charge is 0.0714 e. The van der Waals surface area contributed by atoms with Crippen molar-refractivity contribution in [1.29, 1.82) is 0 Å². The Morgan fingerprint density at radius 3 is 1.67 bits per heavy atom. The molecule has 0 bridgehead atoms. The Balaban J connectivity index is 1.47. The van der Waals surface area contributed by atoms with Gasteiger partial charge in [0.15, 0.2) is 0 Å². The molecule has 12 atom stereocenters. The fraction of sp³-hybridized carbons (Fsp3) is 1.00. The summed E-state index contributed by atoms with van der Waals surface area (Å²) in [6, 6.07) is 0. The van der Waals surface area contributed by atoms with Gasteiger partial charge in [0, 0.05) is 0 Å². The van der Waals surface area contributed by atoms with E-state index >= 15 is 0 Å². The molecule has 3 heteroatoms. The fourth-order valence-corrected chi connectivity index (χ4v) is 9.85. The van der Waals surface area contributed by atoms with Gasteiger partial charge in [0.1, 0.15) is 0 Å². The molecule has 114 valence electrons. The number of hydrogen-bond acceptors (Lipinski definition) is 3. The van der Waals surface area contributed by atoms with Gasteiger partial charge in [-0.15, -0.1) is 0 Å². The monoisotopic (exact) mass is 288 g/mol. The van der Waals surface area contributed by atoms with Crippen molar-refractivity contribution in [2.45, 2.75) is 55.3 Å². The SMILES string of the molecule is OC12CCC3C4C1C1C5C(CCC12)C1(O)CCC3(O)C4C51. The first kappa shape index (κ1) is 11.4. The van der Waals surface area contributed by atoms with Crippen molar-refractivity contribution in [2.75, 3.05) is 0 Å². The molecule has 0 amide bonds. The molecule has 0 aromatic carbocycles. The van der Waals surface area contributed by atoms with Crippen LogP contribution in [0.2, 0.25) is 0 Å². The van der Waals surface area contributed by atoms with E-state index < -0.39 is 16.8 Å². The third-order valence-electron chi connectivity index (χ3n) is 10.1. The highest BCUT2D eigenvalue weighted by atomic mass is 16.3. The van der Waals surface area contributed by atoms with Crippen molar-refractivity contribution >= 4 is 0 Å². The van der Waals surface area contributed by atoms with Gasteiger partial charge in [-0.1, -0.05) is 0 Å². The van der Waals surface area contributed by atoms with Crippen molar-refractivity contribution in [3.8, 4) is 0 Å². The molecule has 0 heterocycles. The van der Waals surface area contributed by atoms with E-state index in [0.717, 1.165) is 38.5 Å². The summed E-state index contributed by atoms with van der Waals surface area (Å²) in [7, 11) is 0. The second-order valence-corrected chi connectivity index (χ2v) is 9.72. The summed E-state index contributed by atoms with van der Waals surface area (Å²) in [5.41, 5.74) is -1.33. The van der Waals surface area contributed by atoms with Gasteiger partial charge in [-0.2, -0.15) is 0 Å². The van der Waals surface area contributed by atoms with Gasteiger partial charge in [0.25, 0.3) is 0 Å². The Morgan fingerprint density at radius 2 is 1.00 bits per heavy atom. The zero-order valence-corrected chi connectivity index (χ0v) is 12.3. The Bertz CT molecular complexity index is 591. The van der Waals surface area contributed by atoms with Crippen LogP contribution in [0.1, 0.15) is 38.5 Å². The van der Waals surface area contributed by atoms with Crippen molar-refractivity contribution < 1.29 is 15.3 Å². The van der Waals surface area contributed by atoms with Gasteiger partial charge in [0.2, 0.25) is 0 Å². The van der Waals surface area contributed by atoms with Crippen LogP contribution in [0.15, 0.2) is 0 Å². The van der Waals surface area contributed by atoms with Crippen LogP contribution in [0.5, 0.6) is 0 Å². The highest BCUT2D eigenvalue weighted by Crippen LogP contribution is 2.85. The predicted molar refractivity (Wildman–Crippen MR) is 74.0 cm³/mol. The van der Waals surface area contributed by atoms with Gasteiger partial charge in [-0.3, -0.25) is 0 Å². The molecule has 21 heavy (non-hydrogen) atoms. The van der Waals surface area contributed by atoms with Gasteiger partial charge in [-0.25, -0.2) is 0 Å². The van der Waals surface area contributed by atoms with E-state index in [1.807, 2.05) is 0 Å². The largest absolute Gasteiger partial charge is 0.389 e. The average Bonchev–Trinajstić information content (AvgIpc) is 2.48. The molecular weight excluding hydrogens is 264 g/mol. The summed E-state index contributed by atoms with van der Waals surface area (Å²) >= 11 is 0. The first-order chi connectivity index (χ1) is 10.0. The van der Waals surface area contributed by atoms with Crippen LogP contribution >= 0.6 is 0 Å². The second-order valence-electron chi connectivity index (χ2n) is 9.72. The maximum atomic E-state index is 11.3. The standard InChI is InChI=1S/C18H24O3/c19-16-4-3-9-12-13(16)10-7(16)1-2-8-11(10)14-15(12)18(9,21)6-5-17(8,14)20/h7-15,19-21H,1-6H2. The molecule has 7 saturated carbocycles. The first-order valence-electron chi connectivity index (χ1n) is 9.19. The topological polar surface area (TPSA) is 60.7 Å². The molecule has 0 aliphatic heterocycles. The molecule has 12 unspecified atom stereocenters. The lowest BCUT2D eigenvalue weighted by Crippen LogP contribution is -2.91. The van der Waals surface area contributed by atoms with Gasteiger partial charge < -0.3 is 15.3 Å². The molecule has 0 radical (unpaired) electrons. The van der Waals surface area contributed by atoms with Crippen LogP contribution in [0.4, 0.5) is 0 Å². The lowest BCUT2D eigenvalue weighted by molar-refractivity contribution is -0.457. The summed E-state index contributed by atoms with van der Waals surface area (Å²) in [6.45, 7) is 0. The van der Waals surface area contributed by atoms with Crippen LogP contribution in [0.25, 0.3) is 0 Å². The molecule has 7 aliphatic rings. The van der Waals surface area contributed by atoms with E-state index in [4.69, 9.17) is 0 Å². The predicted octanol–water partition coefficient (Wildman–Crippen LogP) is 1.16. The number of rotatable bonds is 0. The van der Waals surface area contributed by atoms with Gasteiger partial charge in [-0.05, 0) is 91.8 Å². The summed E-state index contributed by atoms with van der Waals surface area (Å²) in [5, 5.41) is 33.8. The van der Waals surface area contributed by atoms with Crippen LogP contribution in [0.3, 0.4) is 0 Å². The van der Waals surface area contributed by atoms with E-state index in [1.165, 1.54) is 0 Å². The zero-order chi connectivity index (χ0) is 13.9. The van der Waals surface area contributed by atoms with Crippen molar-refractivity contribution in [3.05, 3.63) is 0 Å². The molecule has 7 aliphatic carbocycles. The first-order valence-corrected chi connectivity index (χ1v) is 9.19. The van der Waals surface area contributed by atoms with E-state index in [0.29, 0.717) is 53.3 Å². The van der Waals surface area contributed by atoms with E-state index in [9.17, 15) is 15.3 Å². The lowest BCUT2D eigenvalue weighted by Gasteiger charge is -2.88. The summed E-state index contributed by atoms with van der Waals surface area (Å²) in [5.74, 6) is 4.44. The second kappa shape index (κ2) is 2.74. The molecule has 0 saturated heterocycles. The minimum absolute atomic E-state index is 0.314. The number of hydrogen-bond donors (Lipinski definition) is 3. The Labute approximate surface area is 124 Å². The highest BCUT2D eigenvalue weighted by molar-refractivity contribution is 5.36. The van der Waals surface area contributed by atoms with Crippen molar-refractivity contribution in [1.82, 2.24) is 0 Å². The van der Waals surface area contributed by atoms with Crippen LogP contribution in [-0.4, -0.2) is 32.1 Å². The third-order valence-corrected chi connectivity index (χ3v) is 10.1. The van der Waals surface area contributed by atoms with E-state index in [1.54, 1.807) is 0 Å². The molecule has 0 aromatic rings.